The summed E-state index contributed by atoms with van der Waals surface area (Å²) >= 11 is 0. The summed E-state index contributed by atoms with van der Waals surface area (Å²) in [6.07, 6.45) is 13.8. The molecule has 2 aliphatic carbocycles. The highest BCUT2D eigenvalue weighted by molar-refractivity contribution is 7.83. The van der Waals surface area contributed by atoms with Crippen LogP contribution >= 0.6 is 0 Å². The van der Waals surface area contributed by atoms with Gasteiger partial charge in [0.2, 0.25) is 5.91 Å². The van der Waals surface area contributed by atoms with Gasteiger partial charge in [-0.3, -0.25) is 9.79 Å². The van der Waals surface area contributed by atoms with Gasteiger partial charge in [-0.05, 0) is 81.2 Å². The molecule has 0 saturated heterocycles. The van der Waals surface area contributed by atoms with Crippen LogP contribution in [0.1, 0.15) is 65.4 Å². The molecule has 1 heterocycles. The van der Waals surface area contributed by atoms with Gasteiger partial charge < -0.3 is 10.4 Å². The van der Waals surface area contributed by atoms with Crippen molar-refractivity contribution in [3.63, 3.8) is 0 Å². The van der Waals surface area contributed by atoms with Crippen molar-refractivity contribution in [1.29, 1.82) is 0 Å². The fraction of sp³-hybridized carbons (Fsp3) is 0.548. The van der Waals surface area contributed by atoms with Gasteiger partial charge in [-0.1, -0.05) is 50.3 Å². The van der Waals surface area contributed by atoms with E-state index in [9.17, 15) is 14.1 Å². The summed E-state index contributed by atoms with van der Waals surface area (Å²) in [6, 6.07) is 7.81. The number of rotatable bonds is 8. The first-order chi connectivity index (χ1) is 18.2. The fourth-order valence-corrected chi connectivity index (χ4v) is 6.86. The molecule has 0 spiro atoms. The molecule has 1 fully saturated rings. The summed E-state index contributed by atoms with van der Waals surface area (Å²) in [7, 11) is -1.30. The number of nitrogens with one attached hydrogen (secondary N) is 2. The second-order valence-corrected chi connectivity index (χ2v) is 12.6. The van der Waals surface area contributed by atoms with E-state index in [0.29, 0.717) is 11.8 Å². The van der Waals surface area contributed by atoms with Crippen molar-refractivity contribution in [2.45, 2.75) is 82.9 Å². The molecule has 3 N–H and O–H groups in total. The van der Waals surface area contributed by atoms with E-state index >= 15 is 0 Å². The maximum absolute atomic E-state index is 13.1. The van der Waals surface area contributed by atoms with Crippen molar-refractivity contribution in [2.75, 3.05) is 6.54 Å². The summed E-state index contributed by atoms with van der Waals surface area (Å²) in [5.74, 6) is 0.824. The molecule has 7 heteroatoms. The third kappa shape index (κ3) is 7.39. The number of hydrogen-bond acceptors (Lipinski definition) is 4. The Morgan fingerprint density at radius 3 is 2.45 bits per heavy atom. The predicted molar refractivity (Wildman–Crippen MR) is 156 cm³/mol. The van der Waals surface area contributed by atoms with Gasteiger partial charge in [-0.15, -0.1) is 0 Å². The normalized spacial score (nSPS) is 30.0. The van der Waals surface area contributed by atoms with Crippen LogP contribution in [-0.4, -0.2) is 45.7 Å². The van der Waals surface area contributed by atoms with Gasteiger partial charge in [0.25, 0.3) is 0 Å². The second-order valence-electron chi connectivity index (χ2n) is 11.4. The van der Waals surface area contributed by atoms with Crippen molar-refractivity contribution in [3.05, 3.63) is 60.2 Å². The Morgan fingerprint density at radius 2 is 1.76 bits per heavy atom. The van der Waals surface area contributed by atoms with Crippen LogP contribution in [-0.2, 0) is 15.8 Å². The zero-order chi connectivity index (χ0) is 27.2. The van der Waals surface area contributed by atoms with Crippen LogP contribution in [0.4, 0.5) is 0 Å². The third-order valence-corrected chi connectivity index (χ3v) is 9.37. The van der Waals surface area contributed by atoms with E-state index in [1.165, 1.54) is 5.57 Å². The lowest BCUT2D eigenvalue weighted by Gasteiger charge is -2.33. The van der Waals surface area contributed by atoms with Gasteiger partial charge in [0, 0.05) is 36.1 Å². The van der Waals surface area contributed by atoms with Crippen LogP contribution in [0, 0.1) is 23.7 Å². The topological polar surface area (TPSA) is 90.8 Å². The van der Waals surface area contributed by atoms with Crippen LogP contribution in [0.15, 0.2) is 64.5 Å². The number of carbonyl (C=O) groups excluding carboxylic acids is 1. The number of amides is 1. The molecule has 1 aromatic rings. The van der Waals surface area contributed by atoms with E-state index in [0.717, 1.165) is 54.8 Å². The van der Waals surface area contributed by atoms with Crippen LogP contribution in [0.25, 0.3) is 5.57 Å². The molecule has 0 radical (unpaired) electrons. The lowest BCUT2D eigenvalue weighted by atomic mass is 9.84. The molecule has 6 atom stereocenters. The lowest BCUT2D eigenvalue weighted by molar-refractivity contribution is -0.128. The monoisotopic (exact) mass is 537 g/mol. The number of carbonyl (C=O) groups is 1. The van der Waals surface area contributed by atoms with E-state index in [-0.39, 0.29) is 29.8 Å². The smallest absolute Gasteiger partial charge is 0.223 e. The molecular formula is C31H43N3O3S. The number of benzene rings is 1. The Kier molecular flexibility index (Phi) is 9.91. The summed E-state index contributed by atoms with van der Waals surface area (Å²) in [6.45, 7) is 8.93. The highest BCUT2D eigenvalue weighted by atomic mass is 32.2. The first kappa shape index (κ1) is 28.7. The number of dihydropyridines is 1. The quantitative estimate of drug-likeness (QED) is 0.437. The Hall–Kier alpha value is -2.35. The third-order valence-electron chi connectivity index (χ3n) is 8.13. The minimum atomic E-state index is -1.30. The average Bonchev–Trinajstić information content (AvgIpc) is 3.12. The molecule has 0 aromatic heterocycles. The van der Waals surface area contributed by atoms with Crippen molar-refractivity contribution < 1.29 is 14.1 Å². The first-order valence-electron chi connectivity index (χ1n) is 14.1. The molecule has 6 unspecified atom stereocenters. The molecule has 1 aliphatic heterocycles. The maximum atomic E-state index is 13.1. The van der Waals surface area contributed by atoms with Gasteiger partial charge in [-0.2, -0.15) is 0 Å². The lowest BCUT2D eigenvalue weighted by Crippen LogP contribution is -2.49. The molecule has 3 aliphatic rings. The van der Waals surface area contributed by atoms with Gasteiger partial charge in [-0.25, -0.2) is 8.93 Å². The van der Waals surface area contributed by atoms with Crippen LogP contribution < -0.4 is 10.0 Å². The highest BCUT2D eigenvalue weighted by Gasteiger charge is 2.32. The Bertz CT molecular complexity index is 1110. The van der Waals surface area contributed by atoms with Crippen LogP contribution in [0.5, 0.6) is 0 Å². The van der Waals surface area contributed by atoms with E-state index in [2.05, 4.69) is 59.2 Å². The number of hydrogen-bond donors (Lipinski definition) is 3. The summed E-state index contributed by atoms with van der Waals surface area (Å²) in [5, 5.41) is 13.6. The molecule has 4 rings (SSSR count). The summed E-state index contributed by atoms with van der Waals surface area (Å²) in [5.41, 5.74) is 3.48. The standard InChI is InChI=1S/C31H43N3O3S/c1-20-7-5-6-8-26(17-20)30(23(4)35)33-31(36)25-9-13-27(14-10-25)34-38(37)28-15-11-24(12-16-28)29-18-22(3)32-19-21(29)2/h5-8,11-12,15-16,18,20-21,23,25-27,30,34-35H,9-10,13-14,17,19H2,1-4H3,(H,33,36). The Labute approximate surface area is 230 Å². The summed E-state index contributed by atoms with van der Waals surface area (Å²) < 4.78 is 16.3. The van der Waals surface area contributed by atoms with E-state index < -0.39 is 17.1 Å². The molecule has 6 nitrogen and oxygen atoms in total. The molecular weight excluding hydrogens is 494 g/mol. The van der Waals surface area contributed by atoms with Crippen molar-refractivity contribution in [2.24, 2.45) is 28.7 Å². The van der Waals surface area contributed by atoms with E-state index in [1.54, 1.807) is 6.92 Å². The van der Waals surface area contributed by atoms with Crippen LogP contribution in [0.2, 0.25) is 0 Å². The zero-order valence-corrected chi connectivity index (χ0v) is 23.9. The average molecular weight is 538 g/mol. The highest BCUT2D eigenvalue weighted by Crippen LogP contribution is 2.29. The fourth-order valence-electron chi connectivity index (χ4n) is 5.80. The number of allylic oxidation sites excluding steroid dienone is 4. The minimum absolute atomic E-state index is 0.0239. The van der Waals surface area contributed by atoms with Gasteiger partial charge in [0.15, 0.2) is 0 Å². The first-order valence-corrected chi connectivity index (χ1v) is 15.2. The Balaban J connectivity index is 1.28. The molecule has 38 heavy (non-hydrogen) atoms. The van der Waals surface area contributed by atoms with E-state index in [4.69, 9.17) is 0 Å². The SMILES string of the molecule is CC1=NCC(C)C(c2ccc(S(=O)NC3CCC(C(=O)NC(C(C)O)C4C=CC=CC(C)C4)CC3)cc2)=C1. The predicted octanol–water partition coefficient (Wildman–Crippen LogP) is 4.99. The van der Waals surface area contributed by atoms with Crippen molar-refractivity contribution in [1.82, 2.24) is 10.0 Å². The summed E-state index contributed by atoms with van der Waals surface area (Å²) in [4.78, 5) is 18.4. The van der Waals surface area contributed by atoms with Gasteiger partial charge in [0.05, 0.1) is 17.0 Å². The van der Waals surface area contributed by atoms with Crippen molar-refractivity contribution in [3.8, 4) is 0 Å². The largest absolute Gasteiger partial charge is 0.391 e. The molecule has 1 aromatic carbocycles. The second kappa shape index (κ2) is 13.1. The Morgan fingerprint density at radius 1 is 1.08 bits per heavy atom. The van der Waals surface area contributed by atoms with Gasteiger partial charge >= 0.3 is 0 Å². The number of nitrogens with zero attached hydrogens (tertiary/aromatic N) is 1. The molecule has 1 saturated carbocycles. The van der Waals surface area contributed by atoms with Crippen molar-refractivity contribution >= 4 is 28.2 Å². The van der Waals surface area contributed by atoms with Gasteiger partial charge in [0.1, 0.15) is 11.0 Å². The number of aliphatic hydroxyl groups is 1. The number of aliphatic imine (C=N–C) groups is 1. The maximum Gasteiger partial charge on any atom is 0.223 e. The molecule has 206 valence electrons. The van der Waals surface area contributed by atoms with E-state index in [1.807, 2.05) is 31.2 Å². The zero-order valence-electron chi connectivity index (χ0n) is 23.1. The molecule has 1 amide bonds. The molecule has 0 bridgehead atoms. The number of aliphatic hydroxyl groups excluding tert-OH is 1. The van der Waals surface area contributed by atoms with Crippen LogP contribution in [0.3, 0.4) is 0 Å². The minimum Gasteiger partial charge on any atom is -0.391 e.